The first-order valence-corrected chi connectivity index (χ1v) is 10.5. The predicted molar refractivity (Wildman–Crippen MR) is 122 cm³/mol. The molecule has 2 aromatic heterocycles. The Morgan fingerprint density at radius 2 is 1.76 bits per heavy atom. The maximum absolute atomic E-state index is 14.4. The van der Waals surface area contributed by atoms with E-state index >= 15 is 0 Å². The SMILES string of the molecule is COc1ccc(-n2cc(-c3cc(C(F)(F)F)c(C#N)c(=O)n3Cc3ccc(F)cc3F)cn2)cc1OC. The summed E-state index contributed by atoms with van der Waals surface area (Å²) in [4.78, 5) is 13.1. The van der Waals surface area contributed by atoms with Crippen LogP contribution in [0.4, 0.5) is 22.0 Å². The molecular weight excluding hydrogens is 499 g/mol. The van der Waals surface area contributed by atoms with Crippen LogP contribution in [-0.4, -0.2) is 28.6 Å². The third-order valence-electron chi connectivity index (χ3n) is 5.57. The van der Waals surface area contributed by atoms with Gasteiger partial charge in [0.25, 0.3) is 5.56 Å². The van der Waals surface area contributed by atoms with E-state index in [9.17, 15) is 32.0 Å². The van der Waals surface area contributed by atoms with Crippen LogP contribution in [0.25, 0.3) is 16.9 Å². The highest BCUT2D eigenvalue weighted by Gasteiger charge is 2.36. The van der Waals surface area contributed by atoms with Gasteiger partial charge < -0.3 is 14.0 Å². The maximum atomic E-state index is 14.4. The number of halogens is 5. The normalized spacial score (nSPS) is 11.3. The predicted octanol–water partition coefficient (Wildman–Crippen LogP) is 4.94. The van der Waals surface area contributed by atoms with Gasteiger partial charge in [0.1, 0.15) is 23.3 Å². The summed E-state index contributed by atoms with van der Waals surface area (Å²) in [5.41, 5.74) is -3.77. The standard InChI is InChI=1S/C25H17F5N4O3/c1-36-22-6-5-17(8-23(22)37-2)34-13-15(11-32-34)21-9-19(25(28,29)30)18(10-31)24(35)33(21)12-14-3-4-16(26)7-20(14)27/h3-9,11,13H,12H2,1-2H3. The Hall–Kier alpha value is -4.66. The molecule has 0 atom stereocenters. The smallest absolute Gasteiger partial charge is 0.417 e. The Labute approximate surface area is 206 Å². The van der Waals surface area contributed by atoms with Crippen molar-refractivity contribution in [3.63, 3.8) is 0 Å². The van der Waals surface area contributed by atoms with E-state index in [0.717, 1.165) is 16.7 Å². The van der Waals surface area contributed by atoms with Gasteiger partial charge in [-0.1, -0.05) is 6.07 Å². The summed E-state index contributed by atoms with van der Waals surface area (Å²) in [6.45, 7) is -0.561. The van der Waals surface area contributed by atoms with Crippen molar-refractivity contribution in [2.75, 3.05) is 14.2 Å². The third-order valence-corrected chi connectivity index (χ3v) is 5.57. The van der Waals surface area contributed by atoms with Crippen LogP contribution >= 0.6 is 0 Å². The minimum Gasteiger partial charge on any atom is -0.493 e. The second kappa shape index (κ2) is 9.77. The molecule has 0 aliphatic carbocycles. The Bertz CT molecular complexity index is 1580. The molecule has 0 radical (unpaired) electrons. The quantitative estimate of drug-likeness (QED) is 0.340. The van der Waals surface area contributed by atoms with Gasteiger partial charge in [-0.3, -0.25) is 4.79 Å². The highest BCUT2D eigenvalue weighted by Crippen LogP contribution is 2.34. The number of alkyl halides is 3. The van der Waals surface area contributed by atoms with Crippen LogP contribution in [0.1, 0.15) is 16.7 Å². The summed E-state index contributed by atoms with van der Waals surface area (Å²) >= 11 is 0. The molecular formula is C25H17F5N4O3. The summed E-state index contributed by atoms with van der Waals surface area (Å²) in [6, 6.07) is 9.35. The third kappa shape index (κ3) is 4.88. The van der Waals surface area contributed by atoms with Crippen molar-refractivity contribution in [1.82, 2.24) is 14.3 Å². The number of nitrogens with zero attached hydrogens (tertiary/aromatic N) is 4. The van der Waals surface area contributed by atoms with Gasteiger partial charge in [-0.05, 0) is 24.3 Å². The van der Waals surface area contributed by atoms with Crippen molar-refractivity contribution in [3.8, 4) is 34.5 Å². The number of hydrogen-bond donors (Lipinski definition) is 0. The summed E-state index contributed by atoms with van der Waals surface area (Å²) in [6.07, 6.45) is -2.44. The van der Waals surface area contributed by atoms with Crippen molar-refractivity contribution in [2.45, 2.75) is 12.7 Å². The van der Waals surface area contributed by atoms with Gasteiger partial charge in [0.2, 0.25) is 0 Å². The fourth-order valence-electron chi connectivity index (χ4n) is 3.76. The zero-order valence-corrected chi connectivity index (χ0v) is 19.3. The second-order valence-corrected chi connectivity index (χ2v) is 7.77. The average molecular weight is 516 g/mol. The lowest BCUT2D eigenvalue weighted by molar-refractivity contribution is -0.137. The number of ether oxygens (including phenoxy) is 2. The first-order chi connectivity index (χ1) is 17.6. The Morgan fingerprint density at radius 1 is 1.03 bits per heavy atom. The van der Waals surface area contributed by atoms with Gasteiger partial charge in [-0.25, -0.2) is 13.5 Å². The van der Waals surface area contributed by atoms with Crippen molar-refractivity contribution >= 4 is 0 Å². The fourth-order valence-corrected chi connectivity index (χ4v) is 3.76. The first-order valence-electron chi connectivity index (χ1n) is 10.5. The molecule has 0 spiro atoms. The molecule has 7 nitrogen and oxygen atoms in total. The number of pyridine rings is 1. The van der Waals surface area contributed by atoms with Crippen molar-refractivity contribution in [3.05, 3.63) is 93.5 Å². The summed E-state index contributed by atoms with van der Waals surface area (Å²) in [5.74, 6) is -1.05. The summed E-state index contributed by atoms with van der Waals surface area (Å²) < 4.78 is 81.6. The molecule has 2 aromatic carbocycles. The molecule has 12 heteroatoms. The molecule has 0 saturated heterocycles. The fraction of sp³-hybridized carbons (Fsp3) is 0.160. The highest BCUT2D eigenvalue weighted by atomic mass is 19.4. The van der Waals surface area contributed by atoms with Gasteiger partial charge in [-0.2, -0.15) is 23.5 Å². The molecule has 4 rings (SSSR count). The van der Waals surface area contributed by atoms with Gasteiger partial charge in [0.15, 0.2) is 11.5 Å². The van der Waals surface area contributed by atoms with E-state index in [4.69, 9.17) is 9.47 Å². The number of methoxy groups -OCH3 is 2. The lowest BCUT2D eigenvalue weighted by atomic mass is 10.1. The molecule has 0 aliphatic heterocycles. The average Bonchev–Trinajstić information content (AvgIpc) is 3.35. The first kappa shape index (κ1) is 25.4. The molecule has 0 aliphatic rings. The van der Waals surface area contributed by atoms with Gasteiger partial charge in [0.05, 0.1) is 43.9 Å². The van der Waals surface area contributed by atoms with Crippen LogP contribution in [0, 0.1) is 23.0 Å². The van der Waals surface area contributed by atoms with Crippen molar-refractivity contribution < 1.29 is 31.4 Å². The van der Waals surface area contributed by atoms with E-state index in [1.165, 1.54) is 37.4 Å². The molecule has 0 saturated carbocycles. The zero-order chi connectivity index (χ0) is 26.9. The number of aromatic nitrogens is 3. The van der Waals surface area contributed by atoms with Crippen LogP contribution in [0.2, 0.25) is 0 Å². The lowest BCUT2D eigenvalue weighted by Crippen LogP contribution is -2.29. The van der Waals surface area contributed by atoms with E-state index < -0.39 is 41.0 Å². The van der Waals surface area contributed by atoms with Crippen LogP contribution in [0.15, 0.2) is 59.7 Å². The van der Waals surface area contributed by atoms with E-state index in [0.29, 0.717) is 29.3 Å². The monoisotopic (exact) mass is 516 g/mol. The minimum absolute atomic E-state index is 0.0735. The molecule has 0 bridgehead atoms. The molecule has 0 amide bonds. The van der Waals surface area contributed by atoms with E-state index in [-0.39, 0.29) is 16.8 Å². The minimum atomic E-state index is -5.02. The number of rotatable bonds is 6. The van der Waals surface area contributed by atoms with Crippen LogP contribution < -0.4 is 15.0 Å². The summed E-state index contributed by atoms with van der Waals surface area (Å²) in [7, 11) is 2.88. The number of nitriles is 1. The Morgan fingerprint density at radius 3 is 2.38 bits per heavy atom. The number of hydrogen-bond acceptors (Lipinski definition) is 5. The van der Waals surface area contributed by atoms with Crippen molar-refractivity contribution in [2.24, 2.45) is 0 Å². The van der Waals surface area contributed by atoms with Crippen LogP contribution in [0.5, 0.6) is 11.5 Å². The van der Waals surface area contributed by atoms with Gasteiger partial charge in [0, 0.05) is 29.5 Å². The second-order valence-electron chi connectivity index (χ2n) is 7.77. The van der Waals surface area contributed by atoms with Crippen molar-refractivity contribution in [1.29, 1.82) is 5.26 Å². The topological polar surface area (TPSA) is 82.1 Å². The van der Waals surface area contributed by atoms with E-state index in [2.05, 4.69) is 5.10 Å². The molecule has 0 N–H and O–H groups in total. The molecule has 37 heavy (non-hydrogen) atoms. The summed E-state index contributed by atoms with van der Waals surface area (Å²) in [5, 5.41) is 13.5. The molecule has 4 aromatic rings. The lowest BCUT2D eigenvalue weighted by Gasteiger charge is -2.17. The van der Waals surface area contributed by atoms with Gasteiger partial charge in [-0.15, -0.1) is 0 Å². The Kier molecular flexibility index (Phi) is 6.72. The molecule has 0 fully saturated rings. The molecule has 2 heterocycles. The van der Waals surface area contributed by atoms with Crippen LogP contribution in [-0.2, 0) is 12.7 Å². The van der Waals surface area contributed by atoms with E-state index in [1.54, 1.807) is 18.2 Å². The Balaban J connectivity index is 1.91. The zero-order valence-electron chi connectivity index (χ0n) is 19.3. The number of benzene rings is 2. The van der Waals surface area contributed by atoms with Crippen LogP contribution in [0.3, 0.4) is 0 Å². The largest absolute Gasteiger partial charge is 0.493 e. The molecule has 190 valence electrons. The highest BCUT2D eigenvalue weighted by molar-refractivity contribution is 5.62. The molecule has 0 unspecified atom stereocenters. The maximum Gasteiger partial charge on any atom is 0.417 e. The van der Waals surface area contributed by atoms with Gasteiger partial charge >= 0.3 is 6.18 Å². The van der Waals surface area contributed by atoms with E-state index in [1.807, 2.05) is 0 Å².